The summed E-state index contributed by atoms with van der Waals surface area (Å²) in [6.07, 6.45) is 0.917. The number of hydrogen-bond acceptors (Lipinski definition) is 5. The highest BCUT2D eigenvalue weighted by Crippen LogP contribution is 2.25. The van der Waals surface area contributed by atoms with Crippen molar-refractivity contribution >= 4 is 28.7 Å². The van der Waals surface area contributed by atoms with Crippen LogP contribution in [0.15, 0.2) is 35.7 Å². The summed E-state index contributed by atoms with van der Waals surface area (Å²) < 4.78 is 5.01. The molecule has 4 nitrogen and oxygen atoms in total. The lowest BCUT2D eigenvalue weighted by Crippen LogP contribution is -2.19. The molecule has 0 spiro atoms. The van der Waals surface area contributed by atoms with Crippen molar-refractivity contribution in [3.8, 4) is 0 Å². The van der Waals surface area contributed by atoms with Crippen LogP contribution in [0.25, 0.3) is 0 Å². The van der Waals surface area contributed by atoms with E-state index < -0.39 is 0 Å². The summed E-state index contributed by atoms with van der Waals surface area (Å²) in [5.74, 6) is -0.385. The lowest BCUT2D eigenvalue weighted by atomic mass is 10.1. The average Bonchev–Trinajstić information content (AvgIpc) is 2.94. The molecule has 2 rings (SSSR count). The number of nitrogens with one attached hydrogen (secondary N) is 1. The zero-order chi connectivity index (χ0) is 15.2. The summed E-state index contributed by atoms with van der Waals surface area (Å²) >= 11 is 1.74. The molecule has 0 amide bonds. The monoisotopic (exact) mass is 304 g/mol. The molecule has 0 fully saturated rings. The third kappa shape index (κ3) is 3.98. The minimum absolute atomic E-state index is 0.225. The fourth-order valence-corrected chi connectivity index (χ4v) is 2.96. The molecule has 112 valence electrons. The van der Waals surface area contributed by atoms with Crippen LogP contribution in [-0.4, -0.2) is 18.6 Å². The Balaban J connectivity index is 2.09. The minimum Gasteiger partial charge on any atom is -0.462 e. The van der Waals surface area contributed by atoms with Crippen molar-refractivity contribution in [1.29, 1.82) is 0 Å². The van der Waals surface area contributed by atoms with Gasteiger partial charge in [0.1, 0.15) is 0 Å². The number of rotatable bonds is 6. The van der Waals surface area contributed by atoms with Gasteiger partial charge in [-0.1, -0.05) is 12.1 Å². The molecule has 5 heteroatoms. The molecular formula is C16H20N2O2S. The quantitative estimate of drug-likeness (QED) is 0.633. The van der Waals surface area contributed by atoms with Gasteiger partial charge in [-0.05, 0) is 37.4 Å². The predicted molar refractivity (Wildman–Crippen MR) is 87.9 cm³/mol. The van der Waals surface area contributed by atoms with Crippen molar-refractivity contribution in [2.24, 2.45) is 0 Å². The molecule has 0 aliphatic carbocycles. The lowest BCUT2D eigenvalue weighted by molar-refractivity contribution is 0.0527. The van der Waals surface area contributed by atoms with Crippen LogP contribution in [0.5, 0.6) is 0 Å². The van der Waals surface area contributed by atoms with Crippen molar-refractivity contribution in [1.82, 2.24) is 0 Å². The molecule has 3 N–H and O–H groups in total. The van der Waals surface area contributed by atoms with E-state index in [2.05, 4.69) is 23.7 Å². The Hall–Kier alpha value is -2.01. The molecule has 0 aliphatic rings. The van der Waals surface area contributed by atoms with E-state index in [1.54, 1.807) is 24.3 Å². The molecule has 0 saturated carbocycles. The standard InChI is InChI=1S/C16H20N2O2S/c1-3-20-16(19)13-7-4-8-14(15(13)17)18-11(2)10-12-6-5-9-21-12/h4-9,11,18H,3,10,17H2,1-2H3. The van der Waals surface area contributed by atoms with E-state index in [4.69, 9.17) is 10.5 Å². The molecule has 0 radical (unpaired) electrons. The summed E-state index contributed by atoms with van der Waals surface area (Å²) in [6, 6.07) is 9.75. The van der Waals surface area contributed by atoms with Crippen LogP contribution in [0.3, 0.4) is 0 Å². The molecule has 2 aromatic rings. The number of anilines is 2. The zero-order valence-electron chi connectivity index (χ0n) is 12.3. The number of benzene rings is 1. The Morgan fingerprint density at radius 1 is 1.38 bits per heavy atom. The summed E-state index contributed by atoms with van der Waals surface area (Å²) in [5.41, 5.74) is 7.69. The SMILES string of the molecule is CCOC(=O)c1cccc(NC(C)Cc2cccs2)c1N. The van der Waals surface area contributed by atoms with Crippen LogP contribution >= 0.6 is 11.3 Å². The average molecular weight is 304 g/mol. The number of para-hydroxylation sites is 1. The molecule has 1 aromatic carbocycles. The van der Waals surface area contributed by atoms with Crippen LogP contribution in [-0.2, 0) is 11.2 Å². The van der Waals surface area contributed by atoms with Gasteiger partial charge in [-0.3, -0.25) is 0 Å². The second kappa shape index (κ2) is 7.13. The van der Waals surface area contributed by atoms with Crippen LogP contribution in [0.2, 0.25) is 0 Å². The van der Waals surface area contributed by atoms with E-state index >= 15 is 0 Å². The molecule has 1 aromatic heterocycles. The molecule has 0 aliphatic heterocycles. The number of carbonyl (C=O) groups excluding carboxylic acids is 1. The minimum atomic E-state index is -0.385. The molecule has 21 heavy (non-hydrogen) atoms. The number of nitrogens with two attached hydrogens (primary N) is 1. The van der Waals surface area contributed by atoms with Crippen molar-refractivity contribution in [3.05, 3.63) is 46.2 Å². The highest BCUT2D eigenvalue weighted by atomic mass is 32.1. The van der Waals surface area contributed by atoms with Gasteiger partial charge in [-0.15, -0.1) is 11.3 Å². The fraction of sp³-hybridized carbons (Fsp3) is 0.312. The van der Waals surface area contributed by atoms with E-state index in [9.17, 15) is 4.79 Å². The first kappa shape index (κ1) is 15.4. The van der Waals surface area contributed by atoms with E-state index in [1.807, 2.05) is 18.2 Å². The summed E-state index contributed by atoms with van der Waals surface area (Å²) in [4.78, 5) is 13.1. The fourth-order valence-electron chi connectivity index (χ4n) is 2.12. The second-order valence-corrected chi connectivity index (χ2v) is 5.85. The van der Waals surface area contributed by atoms with Gasteiger partial charge in [0.15, 0.2) is 0 Å². The Labute approximate surface area is 128 Å². The van der Waals surface area contributed by atoms with E-state index in [-0.39, 0.29) is 12.0 Å². The van der Waals surface area contributed by atoms with Crippen LogP contribution in [0.4, 0.5) is 11.4 Å². The van der Waals surface area contributed by atoms with Crippen molar-refractivity contribution in [2.75, 3.05) is 17.7 Å². The summed E-state index contributed by atoms with van der Waals surface area (Å²) in [7, 11) is 0. The largest absolute Gasteiger partial charge is 0.462 e. The first-order chi connectivity index (χ1) is 10.1. The third-order valence-electron chi connectivity index (χ3n) is 3.09. The molecule has 0 bridgehead atoms. The smallest absolute Gasteiger partial charge is 0.340 e. The highest BCUT2D eigenvalue weighted by Gasteiger charge is 2.14. The molecule has 1 heterocycles. The van der Waals surface area contributed by atoms with Gasteiger partial charge < -0.3 is 15.8 Å². The van der Waals surface area contributed by atoms with Gasteiger partial charge in [0.05, 0.1) is 23.5 Å². The zero-order valence-corrected chi connectivity index (χ0v) is 13.1. The van der Waals surface area contributed by atoms with Crippen molar-refractivity contribution < 1.29 is 9.53 Å². The Kier molecular flexibility index (Phi) is 5.22. The Morgan fingerprint density at radius 3 is 2.86 bits per heavy atom. The van der Waals surface area contributed by atoms with Crippen LogP contribution in [0, 0.1) is 0 Å². The Bertz CT molecular complexity index is 596. The van der Waals surface area contributed by atoms with Gasteiger partial charge >= 0.3 is 5.97 Å². The van der Waals surface area contributed by atoms with E-state index in [0.717, 1.165) is 12.1 Å². The second-order valence-electron chi connectivity index (χ2n) is 4.82. The van der Waals surface area contributed by atoms with Gasteiger partial charge in [0.2, 0.25) is 0 Å². The number of hydrogen-bond donors (Lipinski definition) is 2. The van der Waals surface area contributed by atoms with E-state index in [0.29, 0.717) is 17.9 Å². The van der Waals surface area contributed by atoms with Crippen LogP contribution in [0.1, 0.15) is 29.1 Å². The number of nitrogen functional groups attached to an aromatic ring is 1. The molecular weight excluding hydrogens is 284 g/mol. The Morgan fingerprint density at radius 2 is 2.19 bits per heavy atom. The number of carbonyl (C=O) groups is 1. The van der Waals surface area contributed by atoms with Gasteiger partial charge in [-0.25, -0.2) is 4.79 Å². The normalized spacial score (nSPS) is 11.9. The van der Waals surface area contributed by atoms with Crippen LogP contribution < -0.4 is 11.1 Å². The topological polar surface area (TPSA) is 64.3 Å². The summed E-state index contributed by atoms with van der Waals surface area (Å²) in [5, 5.41) is 5.43. The summed E-state index contributed by atoms with van der Waals surface area (Å²) in [6.45, 7) is 4.21. The van der Waals surface area contributed by atoms with E-state index in [1.165, 1.54) is 4.88 Å². The molecule has 1 unspecified atom stereocenters. The molecule has 0 saturated heterocycles. The van der Waals surface area contributed by atoms with Crippen molar-refractivity contribution in [2.45, 2.75) is 26.3 Å². The van der Waals surface area contributed by atoms with Gasteiger partial charge in [-0.2, -0.15) is 0 Å². The maximum atomic E-state index is 11.8. The van der Waals surface area contributed by atoms with Crippen molar-refractivity contribution in [3.63, 3.8) is 0 Å². The van der Waals surface area contributed by atoms with Gasteiger partial charge in [0, 0.05) is 17.3 Å². The molecule has 1 atom stereocenters. The first-order valence-electron chi connectivity index (χ1n) is 6.96. The first-order valence-corrected chi connectivity index (χ1v) is 7.84. The number of esters is 1. The predicted octanol–water partition coefficient (Wildman–Crippen LogP) is 3.55. The maximum Gasteiger partial charge on any atom is 0.340 e. The number of ether oxygens (including phenoxy) is 1. The number of thiophene rings is 1. The maximum absolute atomic E-state index is 11.8. The third-order valence-corrected chi connectivity index (χ3v) is 3.99. The lowest BCUT2D eigenvalue weighted by Gasteiger charge is -2.17. The highest BCUT2D eigenvalue weighted by molar-refractivity contribution is 7.09. The van der Waals surface area contributed by atoms with Gasteiger partial charge in [0.25, 0.3) is 0 Å².